The Balaban J connectivity index is 1.57. The lowest BCUT2D eigenvalue weighted by atomic mass is 9.56. The van der Waals surface area contributed by atoms with E-state index >= 15 is 0 Å². The first-order valence-corrected chi connectivity index (χ1v) is 14.6. The number of thioether (sulfide) groups is 1. The molecule has 200 valence electrons. The van der Waals surface area contributed by atoms with Crippen molar-refractivity contribution in [3.63, 3.8) is 0 Å². The Bertz CT molecular complexity index is 1410. The minimum atomic E-state index is -0.363. The molecule has 1 N–H and O–H groups in total. The van der Waals surface area contributed by atoms with Crippen molar-refractivity contribution in [1.82, 2.24) is 4.57 Å². The number of rotatable bonds is 6. The Morgan fingerprint density at radius 2 is 1.74 bits per heavy atom. The highest BCUT2D eigenvalue weighted by atomic mass is 32.2. The van der Waals surface area contributed by atoms with Gasteiger partial charge in [-0.25, -0.2) is 0 Å². The molecule has 2 aliphatic rings. The van der Waals surface area contributed by atoms with Gasteiger partial charge in [0.05, 0.1) is 35.8 Å². The third kappa shape index (κ3) is 5.00. The summed E-state index contributed by atoms with van der Waals surface area (Å²) in [4.78, 5) is 40.3. The molecule has 4 atom stereocenters. The van der Waals surface area contributed by atoms with Crippen molar-refractivity contribution in [2.24, 2.45) is 23.2 Å². The number of carbonyl (C=O) groups is 2. The second-order valence-corrected chi connectivity index (χ2v) is 12.2. The van der Waals surface area contributed by atoms with Crippen molar-refractivity contribution >= 4 is 39.4 Å². The van der Waals surface area contributed by atoms with Crippen LogP contribution in [-0.4, -0.2) is 29.0 Å². The molecule has 2 aliphatic carbocycles. The Morgan fingerprint density at radius 3 is 2.37 bits per heavy atom. The maximum absolute atomic E-state index is 14.0. The van der Waals surface area contributed by atoms with Crippen LogP contribution >= 0.6 is 11.8 Å². The molecular formula is C31H36N2O4S. The number of nitrogens with zero attached hydrogens (tertiary/aromatic N) is 1. The number of hydrogen-bond donors (Lipinski definition) is 1. The van der Waals surface area contributed by atoms with Crippen LogP contribution in [0.15, 0.2) is 53.3 Å². The first-order chi connectivity index (χ1) is 18.2. The molecular weight excluding hydrogens is 496 g/mol. The van der Waals surface area contributed by atoms with Crippen LogP contribution in [0.25, 0.3) is 10.9 Å². The van der Waals surface area contributed by atoms with Crippen LogP contribution in [0.3, 0.4) is 0 Å². The van der Waals surface area contributed by atoms with Gasteiger partial charge in [-0.05, 0) is 92.0 Å². The third-order valence-electron chi connectivity index (χ3n) is 8.40. The molecule has 2 bridgehead atoms. The van der Waals surface area contributed by atoms with E-state index in [1.165, 1.54) is 12.8 Å². The van der Waals surface area contributed by atoms with E-state index in [1.807, 2.05) is 42.5 Å². The molecule has 0 spiro atoms. The number of nitrogens with one attached hydrogen (secondary N) is 1. The largest absolute Gasteiger partial charge is 0.497 e. The second kappa shape index (κ2) is 10.6. The van der Waals surface area contributed by atoms with Gasteiger partial charge in [0.2, 0.25) is 11.0 Å². The first kappa shape index (κ1) is 26.5. The van der Waals surface area contributed by atoms with Crippen LogP contribution in [0.4, 0.5) is 5.69 Å². The van der Waals surface area contributed by atoms with Crippen LogP contribution in [0.5, 0.6) is 5.75 Å². The van der Waals surface area contributed by atoms with Crippen LogP contribution in [0.2, 0.25) is 0 Å². The van der Waals surface area contributed by atoms with Crippen molar-refractivity contribution in [2.45, 2.75) is 52.5 Å². The van der Waals surface area contributed by atoms with Gasteiger partial charge in [-0.2, -0.15) is 0 Å². The van der Waals surface area contributed by atoms with E-state index in [2.05, 4.69) is 19.2 Å². The van der Waals surface area contributed by atoms with Gasteiger partial charge in [-0.3, -0.25) is 14.4 Å². The van der Waals surface area contributed by atoms with E-state index in [-0.39, 0.29) is 27.6 Å². The van der Waals surface area contributed by atoms with Gasteiger partial charge in [0.25, 0.3) is 5.56 Å². The second-order valence-electron chi connectivity index (χ2n) is 11.4. The van der Waals surface area contributed by atoms with E-state index in [0.29, 0.717) is 40.9 Å². The summed E-state index contributed by atoms with van der Waals surface area (Å²) in [5.41, 5.74) is 1.67. The number of amides is 1. The van der Waals surface area contributed by atoms with Crippen LogP contribution in [0.1, 0.15) is 61.9 Å². The number of pyridine rings is 1. The van der Waals surface area contributed by atoms with Crippen molar-refractivity contribution in [3.8, 4) is 5.75 Å². The van der Waals surface area contributed by atoms with Gasteiger partial charge >= 0.3 is 0 Å². The third-order valence-corrected chi connectivity index (χ3v) is 8.99. The molecule has 6 nitrogen and oxygen atoms in total. The van der Waals surface area contributed by atoms with Gasteiger partial charge in [0, 0.05) is 5.39 Å². The van der Waals surface area contributed by atoms with Crippen LogP contribution in [-0.2, 0) is 11.3 Å². The number of benzene rings is 2. The summed E-state index contributed by atoms with van der Waals surface area (Å²) in [6, 6.07) is 14.8. The lowest BCUT2D eigenvalue weighted by Crippen LogP contribution is -2.47. The molecule has 1 amide bonds. The average molecular weight is 533 g/mol. The molecule has 0 aliphatic heterocycles. The SMILES string of the molecule is COc1ccc(Cn2c(=O)c(C(=O)SC)cc3c(NC(=O)C45CC(C)CC(C[C@@H](C)C4)C5)cccc32)cc1. The fraction of sp³-hybridized carbons (Fsp3) is 0.452. The zero-order chi connectivity index (χ0) is 27.0. The highest BCUT2D eigenvalue weighted by Gasteiger charge is 2.49. The molecule has 5 rings (SSSR count). The Hall–Kier alpha value is -3.06. The number of methoxy groups -OCH3 is 1. The first-order valence-electron chi connectivity index (χ1n) is 13.4. The lowest BCUT2D eigenvalue weighted by Gasteiger charge is -2.48. The molecule has 1 aromatic heterocycles. The monoisotopic (exact) mass is 532 g/mol. The molecule has 1 heterocycles. The molecule has 0 radical (unpaired) electrons. The number of hydrogen-bond acceptors (Lipinski definition) is 5. The number of aromatic nitrogens is 1. The van der Waals surface area contributed by atoms with Crippen molar-refractivity contribution in [3.05, 3.63) is 70.0 Å². The smallest absolute Gasteiger partial charge is 0.263 e. The quantitative estimate of drug-likeness (QED) is 0.400. The molecule has 38 heavy (non-hydrogen) atoms. The number of ether oxygens (including phenoxy) is 1. The summed E-state index contributed by atoms with van der Waals surface area (Å²) in [5, 5.41) is 3.68. The maximum Gasteiger partial charge on any atom is 0.263 e. The van der Waals surface area contributed by atoms with Gasteiger partial charge < -0.3 is 14.6 Å². The highest BCUT2D eigenvalue weighted by molar-refractivity contribution is 8.13. The molecule has 2 aromatic carbocycles. The zero-order valence-electron chi connectivity index (χ0n) is 22.6. The molecule has 3 aromatic rings. The molecule has 7 heteroatoms. The fourth-order valence-electron chi connectivity index (χ4n) is 7.07. The van der Waals surface area contributed by atoms with Crippen LogP contribution < -0.4 is 15.6 Å². The summed E-state index contributed by atoms with van der Waals surface area (Å²) < 4.78 is 6.90. The molecule has 2 fully saturated rings. The number of fused-ring (bicyclic) bond motifs is 3. The molecule has 2 saturated carbocycles. The standard InChI is InChI=1S/C31H36N2O4S/c1-19-12-22-13-20(2)16-31(15-19,17-22)30(36)32-26-6-5-7-27-24(26)14-25(29(35)38-4)28(34)33(27)18-21-8-10-23(37-3)11-9-21/h5-11,14,19-20,22H,12-13,15-18H2,1-4H3,(H,32,36)/t19-,20?,22?,31?/m1/s1. The van der Waals surface area contributed by atoms with Gasteiger partial charge in [-0.15, -0.1) is 0 Å². The van der Waals surface area contributed by atoms with Crippen molar-refractivity contribution in [1.29, 1.82) is 0 Å². The minimum absolute atomic E-state index is 0.0683. The highest BCUT2D eigenvalue weighted by Crippen LogP contribution is 2.53. The summed E-state index contributed by atoms with van der Waals surface area (Å²) >= 11 is 1.02. The Labute approximate surface area is 228 Å². The van der Waals surface area contributed by atoms with E-state index in [0.717, 1.165) is 42.3 Å². The summed E-state index contributed by atoms with van der Waals surface area (Å²) in [6.07, 6.45) is 6.83. The summed E-state index contributed by atoms with van der Waals surface area (Å²) in [7, 11) is 1.61. The van der Waals surface area contributed by atoms with Crippen LogP contribution in [0, 0.1) is 23.2 Å². The van der Waals surface area contributed by atoms with Crippen molar-refractivity contribution < 1.29 is 14.3 Å². The number of anilines is 1. The zero-order valence-corrected chi connectivity index (χ0v) is 23.4. The Morgan fingerprint density at radius 1 is 1.05 bits per heavy atom. The summed E-state index contributed by atoms with van der Waals surface area (Å²) in [6.45, 7) is 4.83. The van der Waals surface area contributed by atoms with E-state index in [4.69, 9.17) is 4.74 Å². The average Bonchev–Trinajstić information content (AvgIpc) is 2.89. The van der Waals surface area contributed by atoms with Crippen molar-refractivity contribution in [2.75, 3.05) is 18.7 Å². The lowest BCUT2D eigenvalue weighted by molar-refractivity contribution is -0.133. The van der Waals surface area contributed by atoms with Gasteiger partial charge in [0.1, 0.15) is 5.75 Å². The van der Waals surface area contributed by atoms with E-state index < -0.39 is 0 Å². The topological polar surface area (TPSA) is 77.4 Å². The predicted molar refractivity (Wildman–Crippen MR) is 154 cm³/mol. The minimum Gasteiger partial charge on any atom is -0.497 e. The fourth-order valence-corrected chi connectivity index (χ4v) is 7.44. The van der Waals surface area contributed by atoms with Gasteiger partial charge in [0.15, 0.2) is 0 Å². The normalized spacial score (nSPS) is 24.7. The predicted octanol–water partition coefficient (Wildman–Crippen LogP) is 6.35. The molecule has 3 unspecified atom stereocenters. The van der Waals surface area contributed by atoms with E-state index in [1.54, 1.807) is 24.0 Å². The maximum atomic E-state index is 14.0. The molecule has 0 saturated heterocycles. The Kier molecular flexibility index (Phi) is 7.40. The number of carbonyl (C=O) groups excluding carboxylic acids is 2. The van der Waals surface area contributed by atoms with Gasteiger partial charge in [-0.1, -0.05) is 43.8 Å². The van der Waals surface area contributed by atoms with E-state index in [9.17, 15) is 14.4 Å². The summed E-state index contributed by atoms with van der Waals surface area (Å²) in [5.74, 6) is 2.46.